The second-order valence-electron chi connectivity index (χ2n) is 5.58. The van der Waals surface area contributed by atoms with Gasteiger partial charge in [-0.25, -0.2) is 9.67 Å². The molecular weight excluding hydrogens is 332 g/mol. The molecule has 4 rings (SSSR count). The third-order valence-corrected chi connectivity index (χ3v) is 6.36. The zero-order chi connectivity index (χ0) is 14.9. The van der Waals surface area contributed by atoms with E-state index in [4.69, 9.17) is 17.2 Å². The molecule has 1 fully saturated rings. The average molecular weight is 349 g/mol. The van der Waals surface area contributed by atoms with Gasteiger partial charge in [0.15, 0.2) is 3.95 Å². The molecule has 0 saturated carbocycles. The molecule has 0 radical (unpaired) electrons. The molecule has 1 aliphatic heterocycles. The van der Waals surface area contributed by atoms with Crippen molar-refractivity contribution in [3.05, 3.63) is 38.7 Å². The highest BCUT2D eigenvalue weighted by molar-refractivity contribution is 7.73. The smallest absolute Gasteiger partial charge is 0.180 e. The summed E-state index contributed by atoms with van der Waals surface area (Å²) in [7, 11) is 0. The van der Waals surface area contributed by atoms with Crippen LogP contribution >= 0.6 is 34.9 Å². The van der Waals surface area contributed by atoms with Gasteiger partial charge in [-0.1, -0.05) is 23.5 Å². The lowest BCUT2D eigenvalue weighted by atomic mass is 9.99. The van der Waals surface area contributed by atoms with E-state index in [1.807, 2.05) is 21.5 Å². The Balaban J connectivity index is 1.53. The third kappa shape index (κ3) is 2.86. The van der Waals surface area contributed by atoms with Crippen LogP contribution in [0.3, 0.4) is 0 Å². The number of likely N-dealkylation sites (tertiary alicyclic amines) is 1. The molecule has 1 aromatic carbocycles. The van der Waals surface area contributed by atoms with Gasteiger partial charge in [-0.05, 0) is 43.7 Å². The highest BCUT2D eigenvalue weighted by Gasteiger charge is 2.24. The molecule has 0 amide bonds. The SMILES string of the molecule is S=c1scnn1CN1CCC[C@@H](c2nc3ccccc3s2)C1. The summed E-state index contributed by atoms with van der Waals surface area (Å²) in [5.74, 6) is 0.527. The van der Waals surface area contributed by atoms with Crippen molar-refractivity contribution in [2.24, 2.45) is 0 Å². The first kappa shape index (κ1) is 14.4. The van der Waals surface area contributed by atoms with E-state index in [0.29, 0.717) is 5.92 Å². The first-order valence-electron chi connectivity index (χ1n) is 7.38. The minimum Gasteiger partial charge on any atom is -0.284 e. The van der Waals surface area contributed by atoms with E-state index in [0.717, 1.165) is 29.2 Å². The van der Waals surface area contributed by atoms with Crippen LogP contribution < -0.4 is 0 Å². The van der Waals surface area contributed by atoms with Gasteiger partial charge >= 0.3 is 0 Å². The standard InChI is InChI=1S/C15H16N4S3/c20-15-19(16-9-21-15)10-18-7-3-4-11(8-18)14-17-12-5-1-2-6-13(12)22-14/h1-2,5-6,9,11H,3-4,7-8,10H2/t11-/m1/s1. The topological polar surface area (TPSA) is 34.0 Å². The quantitative estimate of drug-likeness (QED) is 0.667. The number of thiazole rings is 1. The maximum atomic E-state index is 5.30. The van der Waals surface area contributed by atoms with Crippen LogP contribution in [-0.2, 0) is 6.67 Å². The number of nitrogens with zero attached hydrogens (tertiary/aromatic N) is 4. The number of hydrogen-bond acceptors (Lipinski definition) is 6. The number of para-hydroxylation sites is 1. The Bertz CT molecular complexity index is 801. The Labute approximate surface area is 142 Å². The first-order valence-corrected chi connectivity index (χ1v) is 9.48. The zero-order valence-corrected chi connectivity index (χ0v) is 14.5. The predicted octanol–water partition coefficient (Wildman–Crippen LogP) is 4.12. The van der Waals surface area contributed by atoms with E-state index in [2.05, 4.69) is 34.3 Å². The number of aromatic nitrogens is 3. The minimum atomic E-state index is 0.527. The Kier molecular flexibility index (Phi) is 4.04. The van der Waals surface area contributed by atoms with Gasteiger partial charge in [-0.2, -0.15) is 5.10 Å². The van der Waals surface area contributed by atoms with Gasteiger partial charge < -0.3 is 0 Å². The average Bonchev–Trinajstić information content (AvgIpc) is 3.14. The number of hydrogen-bond donors (Lipinski definition) is 0. The van der Waals surface area contributed by atoms with E-state index in [-0.39, 0.29) is 0 Å². The van der Waals surface area contributed by atoms with Gasteiger partial charge in [0, 0.05) is 12.5 Å². The molecule has 3 aromatic rings. The molecule has 0 bridgehead atoms. The van der Waals surface area contributed by atoms with Crippen molar-refractivity contribution < 1.29 is 0 Å². The van der Waals surface area contributed by atoms with Crippen molar-refractivity contribution in [1.29, 1.82) is 0 Å². The molecular formula is C15H16N4S3. The van der Waals surface area contributed by atoms with E-state index in [1.165, 1.54) is 33.9 Å². The Morgan fingerprint density at radius 2 is 2.23 bits per heavy atom. The van der Waals surface area contributed by atoms with Gasteiger partial charge in [-0.15, -0.1) is 11.3 Å². The maximum absolute atomic E-state index is 5.30. The largest absolute Gasteiger partial charge is 0.284 e. The molecule has 1 aliphatic rings. The van der Waals surface area contributed by atoms with E-state index in [1.54, 1.807) is 0 Å². The van der Waals surface area contributed by atoms with E-state index < -0.39 is 0 Å². The van der Waals surface area contributed by atoms with Crippen molar-refractivity contribution in [2.45, 2.75) is 25.4 Å². The van der Waals surface area contributed by atoms with Crippen molar-refractivity contribution in [1.82, 2.24) is 19.7 Å². The first-order chi connectivity index (χ1) is 10.8. The van der Waals surface area contributed by atoms with Gasteiger partial charge in [0.05, 0.1) is 21.9 Å². The molecule has 4 nitrogen and oxygen atoms in total. The van der Waals surface area contributed by atoms with Crippen LogP contribution in [0.25, 0.3) is 10.2 Å². The molecule has 0 unspecified atom stereocenters. The summed E-state index contributed by atoms with van der Waals surface area (Å²) < 4.78 is 4.05. The summed E-state index contributed by atoms with van der Waals surface area (Å²) in [5.41, 5.74) is 2.94. The van der Waals surface area contributed by atoms with Crippen molar-refractivity contribution in [3.8, 4) is 0 Å². The number of fused-ring (bicyclic) bond motifs is 1. The predicted molar refractivity (Wildman–Crippen MR) is 94.1 cm³/mol. The van der Waals surface area contributed by atoms with Crippen LogP contribution in [0, 0.1) is 3.95 Å². The fourth-order valence-corrected chi connectivity index (χ4v) is 4.77. The van der Waals surface area contributed by atoms with E-state index >= 15 is 0 Å². The highest BCUT2D eigenvalue weighted by atomic mass is 32.1. The monoisotopic (exact) mass is 348 g/mol. The van der Waals surface area contributed by atoms with Crippen LogP contribution in [0.1, 0.15) is 23.8 Å². The fourth-order valence-electron chi connectivity index (χ4n) is 2.97. The number of rotatable bonds is 3. The van der Waals surface area contributed by atoms with Gasteiger partial charge in [0.25, 0.3) is 0 Å². The van der Waals surface area contributed by atoms with E-state index in [9.17, 15) is 0 Å². The molecule has 1 atom stereocenters. The molecule has 0 N–H and O–H groups in total. The Morgan fingerprint density at radius 1 is 1.32 bits per heavy atom. The lowest BCUT2D eigenvalue weighted by molar-refractivity contribution is 0.157. The zero-order valence-electron chi connectivity index (χ0n) is 12.0. The van der Waals surface area contributed by atoms with Crippen LogP contribution in [-0.4, -0.2) is 32.8 Å². The molecule has 1 saturated heterocycles. The fraction of sp³-hybridized carbons (Fsp3) is 0.400. The summed E-state index contributed by atoms with van der Waals surface area (Å²) in [6, 6.07) is 8.40. The molecule has 0 aliphatic carbocycles. The maximum Gasteiger partial charge on any atom is 0.180 e. The summed E-state index contributed by atoms with van der Waals surface area (Å²) >= 11 is 8.66. The third-order valence-electron chi connectivity index (χ3n) is 4.05. The number of benzene rings is 1. The summed E-state index contributed by atoms with van der Waals surface area (Å²) in [4.78, 5) is 7.28. The lowest BCUT2D eigenvalue weighted by Crippen LogP contribution is -2.36. The van der Waals surface area contributed by atoms with Crippen LogP contribution in [0.15, 0.2) is 29.8 Å². The second kappa shape index (κ2) is 6.16. The second-order valence-corrected chi connectivity index (χ2v) is 8.12. The Hall–Kier alpha value is -1.15. The Morgan fingerprint density at radius 3 is 3.05 bits per heavy atom. The highest BCUT2D eigenvalue weighted by Crippen LogP contribution is 2.33. The molecule has 0 spiro atoms. The van der Waals surface area contributed by atoms with Crippen molar-refractivity contribution >= 4 is 45.1 Å². The van der Waals surface area contributed by atoms with Crippen LogP contribution in [0.5, 0.6) is 0 Å². The molecule has 7 heteroatoms. The molecule has 22 heavy (non-hydrogen) atoms. The molecule has 3 heterocycles. The van der Waals surface area contributed by atoms with Gasteiger partial charge in [0.1, 0.15) is 5.51 Å². The molecule has 2 aromatic heterocycles. The van der Waals surface area contributed by atoms with Crippen molar-refractivity contribution in [2.75, 3.05) is 13.1 Å². The van der Waals surface area contributed by atoms with Gasteiger partial charge in [-0.3, -0.25) is 4.90 Å². The van der Waals surface area contributed by atoms with Gasteiger partial charge in [0.2, 0.25) is 0 Å². The minimum absolute atomic E-state index is 0.527. The summed E-state index contributed by atoms with van der Waals surface area (Å²) in [6.45, 7) is 2.95. The van der Waals surface area contributed by atoms with Crippen molar-refractivity contribution in [3.63, 3.8) is 0 Å². The lowest BCUT2D eigenvalue weighted by Gasteiger charge is -2.31. The van der Waals surface area contributed by atoms with Crippen LogP contribution in [0.2, 0.25) is 0 Å². The van der Waals surface area contributed by atoms with Crippen LogP contribution in [0.4, 0.5) is 0 Å². The summed E-state index contributed by atoms with van der Waals surface area (Å²) in [5, 5.41) is 5.59. The normalized spacial score (nSPS) is 19.7. The molecule has 114 valence electrons. The summed E-state index contributed by atoms with van der Waals surface area (Å²) in [6.07, 6.45) is 2.43. The number of piperidine rings is 1.